The Morgan fingerprint density at radius 3 is 2.82 bits per heavy atom. The molecule has 3 rings (SSSR count). The second-order valence-corrected chi connectivity index (χ2v) is 5.72. The summed E-state index contributed by atoms with van der Waals surface area (Å²) in [6.07, 6.45) is 3.22. The van der Waals surface area contributed by atoms with Gasteiger partial charge in [0, 0.05) is 37.8 Å². The first-order chi connectivity index (χ1) is 10.8. The fourth-order valence-electron chi connectivity index (χ4n) is 2.18. The fraction of sp³-hybridized carbons (Fsp3) is 0.462. The Morgan fingerprint density at radius 2 is 2.05 bits per heavy atom. The molecule has 3 heterocycles. The lowest BCUT2D eigenvalue weighted by atomic mass is 10.4. The number of nitrogens with one attached hydrogen (secondary N) is 2. The lowest BCUT2D eigenvalue weighted by Crippen LogP contribution is -2.39. The smallest absolute Gasteiger partial charge is 0.188 e. The number of nitrogens with two attached hydrogens (primary N) is 1. The molecule has 1 saturated heterocycles. The molecule has 1 fully saturated rings. The van der Waals surface area contributed by atoms with Gasteiger partial charge in [0.1, 0.15) is 12.0 Å². The lowest BCUT2D eigenvalue weighted by Gasteiger charge is -2.26. The van der Waals surface area contributed by atoms with Crippen LogP contribution in [-0.2, 0) is 4.74 Å². The van der Waals surface area contributed by atoms with E-state index < -0.39 is 0 Å². The van der Waals surface area contributed by atoms with Crippen molar-refractivity contribution < 1.29 is 4.74 Å². The number of thiazole rings is 1. The first kappa shape index (κ1) is 14.9. The highest BCUT2D eigenvalue weighted by Gasteiger charge is 2.11. The van der Waals surface area contributed by atoms with Crippen molar-refractivity contribution in [2.75, 3.05) is 55.8 Å². The van der Waals surface area contributed by atoms with E-state index in [0.29, 0.717) is 17.3 Å². The maximum absolute atomic E-state index is 6.11. The Balaban J connectivity index is 1.56. The number of anilines is 4. The van der Waals surface area contributed by atoms with Gasteiger partial charge in [0.15, 0.2) is 16.8 Å². The molecule has 8 nitrogen and oxygen atoms in total. The van der Waals surface area contributed by atoms with E-state index in [0.717, 1.165) is 44.5 Å². The monoisotopic (exact) mass is 321 g/mol. The molecular formula is C13H19N7OS. The van der Waals surface area contributed by atoms with E-state index in [1.54, 1.807) is 6.20 Å². The second-order valence-electron chi connectivity index (χ2n) is 4.83. The average molecular weight is 321 g/mol. The van der Waals surface area contributed by atoms with Gasteiger partial charge in [-0.25, -0.2) is 15.0 Å². The first-order valence-corrected chi connectivity index (χ1v) is 8.02. The molecule has 0 aromatic carbocycles. The summed E-state index contributed by atoms with van der Waals surface area (Å²) in [5.74, 6) is 1.21. The fourth-order valence-corrected chi connectivity index (χ4v) is 2.71. The van der Waals surface area contributed by atoms with Gasteiger partial charge >= 0.3 is 0 Å². The molecule has 9 heteroatoms. The van der Waals surface area contributed by atoms with Gasteiger partial charge < -0.3 is 21.1 Å². The largest absolute Gasteiger partial charge is 0.393 e. The number of nitrogens with zero attached hydrogens (tertiary/aromatic N) is 4. The summed E-state index contributed by atoms with van der Waals surface area (Å²) >= 11 is 1.49. The Morgan fingerprint density at radius 1 is 1.23 bits per heavy atom. The van der Waals surface area contributed by atoms with Crippen molar-refractivity contribution in [3.05, 3.63) is 17.9 Å². The standard InChI is InChI=1S/C13H19N7OS/c14-10-11(15-1-3-20-4-6-21-7-5-20)17-9-18-12(10)19-13-16-2-8-22-13/h2,8-9H,1,3-7,14H2,(H2,15,16,17,18,19). The van der Waals surface area contributed by atoms with E-state index in [-0.39, 0.29) is 0 Å². The molecule has 0 unspecified atom stereocenters. The zero-order valence-corrected chi connectivity index (χ0v) is 13.0. The topological polar surface area (TPSA) is 101 Å². The van der Waals surface area contributed by atoms with Gasteiger partial charge in [0.05, 0.1) is 13.2 Å². The van der Waals surface area contributed by atoms with Gasteiger partial charge in [-0.3, -0.25) is 4.90 Å². The van der Waals surface area contributed by atoms with Crippen LogP contribution in [0, 0.1) is 0 Å². The van der Waals surface area contributed by atoms with Crippen molar-refractivity contribution in [1.82, 2.24) is 19.9 Å². The lowest BCUT2D eigenvalue weighted by molar-refractivity contribution is 0.0398. The minimum atomic E-state index is 0.500. The van der Waals surface area contributed by atoms with E-state index in [2.05, 4.69) is 30.5 Å². The van der Waals surface area contributed by atoms with Crippen LogP contribution >= 0.6 is 11.3 Å². The minimum Gasteiger partial charge on any atom is -0.393 e. The van der Waals surface area contributed by atoms with E-state index in [9.17, 15) is 0 Å². The van der Waals surface area contributed by atoms with E-state index in [1.165, 1.54) is 17.7 Å². The van der Waals surface area contributed by atoms with Crippen LogP contribution in [0.25, 0.3) is 0 Å². The van der Waals surface area contributed by atoms with Crippen LogP contribution in [0.4, 0.5) is 22.5 Å². The summed E-state index contributed by atoms with van der Waals surface area (Å²) < 4.78 is 5.33. The third-order valence-corrected chi connectivity index (χ3v) is 4.05. The molecule has 4 N–H and O–H groups in total. The Labute approximate surface area is 132 Å². The van der Waals surface area contributed by atoms with Crippen LogP contribution in [-0.4, -0.2) is 59.2 Å². The van der Waals surface area contributed by atoms with Gasteiger partial charge in [-0.15, -0.1) is 11.3 Å². The van der Waals surface area contributed by atoms with Crippen LogP contribution in [0.5, 0.6) is 0 Å². The van der Waals surface area contributed by atoms with Crippen LogP contribution in [0.3, 0.4) is 0 Å². The molecule has 0 spiro atoms. The maximum Gasteiger partial charge on any atom is 0.188 e. The van der Waals surface area contributed by atoms with Crippen molar-refractivity contribution in [2.24, 2.45) is 0 Å². The van der Waals surface area contributed by atoms with Crippen LogP contribution in [0.2, 0.25) is 0 Å². The first-order valence-electron chi connectivity index (χ1n) is 7.14. The zero-order valence-electron chi connectivity index (χ0n) is 12.2. The number of ether oxygens (including phenoxy) is 1. The average Bonchev–Trinajstić information content (AvgIpc) is 3.05. The van der Waals surface area contributed by atoms with Crippen molar-refractivity contribution in [2.45, 2.75) is 0 Å². The summed E-state index contributed by atoms with van der Waals surface area (Å²) in [4.78, 5) is 14.9. The summed E-state index contributed by atoms with van der Waals surface area (Å²) in [6.45, 7) is 5.25. The Hall–Kier alpha value is -1.97. The zero-order chi connectivity index (χ0) is 15.2. The maximum atomic E-state index is 6.11. The molecule has 2 aromatic heterocycles. The van der Waals surface area contributed by atoms with Gasteiger partial charge in [-0.1, -0.05) is 0 Å². The number of rotatable bonds is 6. The number of hydrogen-bond acceptors (Lipinski definition) is 9. The van der Waals surface area contributed by atoms with Crippen molar-refractivity contribution in [3.8, 4) is 0 Å². The molecule has 2 aromatic rings. The molecule has 0 aliphatic carbocycles. The molecule has 0 saturated carbocycles. The third-order valence-electron chi connectivity index (χ3n) is 3.37. The molecule has 22 heavy (non-hydrogen) atoms. The van der Waals surface area contributed by atoms with Crippen molar-refractivity contribution >= 4 is 33.8 Å². The third kappa shape index (κ3) is 3.81. The van der Waals surface area contributed by atoms with Crippen molar-refractivity contribution in [1.29, 1.82) is 0 Å². The normalized spacial score (nSPS) is 15.6. The molecule has 1 aliphatic heterocycles. The van der Waals surface area contributed by atoms with Gasteiger partial charge in [-0.2, -0.15) is 0 Å². The quantitative estimate of drug-likeness (QED) is 0.724. The number of nitrogen functional groups attached to an aromatic ring is 1. The molecule has 0 amide bonds. The predicted molar refractivity (Wildman–Crippen MR) is 87.6 cm³/mol. The summed E-state index contributed by atoms with van der Waals surface area (Å²) in [5.41, 5.74) is 6.61. The van der Waals surface area contributed by atoms with E-state index in [1.807, 2.05) is 5.38 Å². The molecule has 0 bridgehead atoms. The van der Waals surface area contributed by atoms with E-state index >= 15 is 0 Å². The molecule has 1 aliphatic rings. The van der Waals surface area contributed by atoms with Crippen LogP contribution < -0.4 is 16.4 Å². The predicted octanol–water partition coefficient (Wildman–Crippen LogP) is 1.00. The highest BCUT2D eigenvalue weighted by molar-refractivity contribution is 7.13. The molecule has 0 atom stereocenters. The van der Waals surface area contributed by atoms with Gasteiger partial charge in [0.2, 0.25) is 0 Å². The van der Waals surface area contributed by atoms with Gasteiger partial charge in [-0.05, 0) is 0 Å². The van der Waals surface area contributed by atoms with E-state index in [4.69, 9.17) is 10.5 Å². The Kier molecular flexibility index (Phi) is 4.99. The molecule has 118 valence electrons. The minimum absolute atomic E-state index is 0.500. The Bertz CT molecular complexity index is 586. The molecule has 0 radical (unpaired) electrons. The van der Waals surface area contributed by atoms with Crippen molar-refractivity contribution in [3.63, 3.8) is 0 Å². The summed E-state index contributed by atoms with van der Waals surface area (Å²) in [7, 11) is 0. The van der Waals surface area contributed by atoms with Gasteiger partial charge in [0.25, 0.3) is 0 Å². The molecular weight excluding hydrogens is 302 g/mol. The summed E-state index contributed by atoms with van der Waals surface area (Å²) in [5, 5.41) is 9.01. The number of aromatic nitrogens is 3. The van der Waals surface area contributed by atoms with Crippen LogP contribution in [0.15, 0.2) is 17.9 Å². The highest BCUT2D eigenvalue weighted by atomic mass is 32.1. The summed E-state index contributed by atoms with van der Waals surface area (Å²) in [6, 6.07) is 0. The number of morpholine rings is 1. The second kappa shape index (κ2) is 7.34. The highest BCUT2D eigenvalue weighted by Crippen LogP contribution is 2.26. The SMILES string of the molecule is Nc1c(NCCN2CCOCC2)ncnc1Nc1nccs1. The number of hydrogen-bond donors (Lipinski definition) is 3. The van der Waals surface area contributed by atoms with Crippen LogP contribution in [0.1, 0.15) is 0 Å².